The molecule has 4 nitrogen and oxygen atoms in total. The van der Waals surface area contributed by atoms with E-state index < -0.39 is 0 Å². The van der Waals surface area contributed by atoms with Crippen molar-refractivity contribution in [3.05, 3.63) is 45.5 Å². The van der Waals surface area contributed by atoms with Gasteiger partial charge in [-0.05, 0) is 23.1 Å². The fourth-order valence-electron chi connectivity index (χ4n) is 1.67. The summed E-state index contributed by atoms with van der Waals surface area (Å²) in [6, 6.07) is 5.03. The molecule has 1 aromatic heterocycles. The molecule has 0 saturated carbocycles. The van der Waals surface area contributed by atoms with Gasteiger partial charge in [0, 0.05) is 16.5 Å². The van der Waals surface area contributed by atoms with Gasteiger partial charge < -0.3 is 10.3 Å². The van der Waals surface area contributed by atoms with Gasteiger partial charge in [-0.25, -0.2) is 0 Å². The average Bonchev–Trinajstić information content (AvgIpc) is 2.79. The number of hydrogen-bond acceptors (Lipinski definition) is 4. The summed E-state index contributed by atoms with van der Waals surface area (Å²) >= 11 is 12.0. The van der Waals surface area contributed by atoms with E-state index in [-0.39, 0.29) is 11.5 Å². The Morgan fingerprint density at radius 3 is 2.60 bits per heavy atom. The molecule has 0 aliphatic carbocycles. The highest BCUT2D eigenvalue weighted by Crippen LogP contribution is 2.29. The third-order valence-corrected chi connectivity index (χ3v) is 3.63. The molecule has 1 aromatic carbocycles. The van der Waals surface area contributed by atoms with Gasteiger partial charge in [0.2, 0.25) is 5.89 Å². The SMILES string of the molecule is CC(C)(C)[C@H](N)c1nc(Cc2ccc(Cl)cc2Cl)no1. The van der Waals surface area contributed by atoms with Gasteiger partial charge in [-0.3, -0.25) is 0 Å². The van der Waals surface area contributed by atoms with Crippen LogP contribution in [0.4, 0.5) is 0 Å². The van der Waals surface area contributed by atoms with Crippen molar-refractivity contribution in [2.75, 3.05) is 0 Å². The Balaban J connectivity index is 2.18. The maximum Gasteiger partial charge on any atom is 0.244 e. The minimum Gasteiger partial charge on any atom is -0.338 e. The van der Waals surface area contributed by atoms with E-state index in [9.17, 15) is 0 Å². The van der Waals surface area contributed by atoms with Crippen LogP contribution in [0.5, 0.6) is 0 Å². The molecule has 6 heteroatoms. The van der Waals surface area contributed by atoms with Crippen molar-refractivity contribution in [3.63, 3.8) is 0 Å². The molecule has 2 N–H and O–H groups in total. The largest absolute Gasteiger partial charge is 0.338 e. The molecule has 0 bridgehead atoms. The van der Waals surface area contributed by atoms with E-state index in [1.807, 2.05) is 26.8 Å². The summed E-state index contributed by atoms with van der Waals surface area (Å²) in [4.78, 5) is 4.34. The third-order valence-electron chi connectivity index (χ3n) is 3.05. The van der Waals surface area contributed by atoms with Crippen LogP contribution in [0.1, 0.15) is 44.1 Å². The quantitative estimate of drug-likeness (QED) is 0.929. The van der Waals surface area contributed by atoms with Crippen LogP contribution < -0.4 is 5.73 Å². The van der Waals surface area contributed by atoms with Crippen molar-refractivity contribution in [1.29, 1.82) is 0 Å². The summed E-state index contributed by atoms with van der Waals surface area (Å²) in [7, 11) is 0. The second-order valence-corrected chi connectivity index (χ2v) is 6.65. The number of rotatable bonds is 3. The van der Waals surface area contributed by atoms with Crippen LogP contribution in [-0.2, 0) is 6.42 Å². The molecule has 1 atom stereocenters. The van der Waals surface area contributed by atoms with E-state index in [2.05, 4.69) is 10.1 Å². The molecule has 2 rings (SSSR count). The molecule has 0 aliphatic heterocycles. The Kier molecular flexibility index (Phi) is 4.37. The minimum atomic E-state index is -0.301. The van der Waals surface area contributed by atoms with Gasteiger partial charge >= 0.3 is 0 Å². The zero-order valence-electron chi connectivity index (χ0n) is 11.7. The standard InChI is InChI=1S/C14H17Cl2N3O/c1-14(2,3)12(17)13-18-11(19-20-13)6-8-4-5-9(15)7-10(8)16/h4-5,7,12H,6,17H2,1-3H3/t12-/m1/s1. The van der Waals surface area contributed by atoms with Gasteiger partial charge in [-0.2, -0.15) is 4.98 Å². The minimum absolute atomic E-state index is 0.137. The van der Waals surface area contributed by atoms with Gasteiger partial charge in [0.25, 0.3) is 0 Å². The number of halogens is 2. The van der Waals surface area contributed by atoms with Crippen molar-refractivity contribution in [3.8, 4) is 0 Å². The van der Waals surface area contributed by atoms with E-state index in [1.165, 1.54) is 0 Å². The summed E-state index contributed by atoms with van der Waals surface area (Å²) in [6.45, 7) is 6.08. The van der Waals surface area contributed by atoms with Crippen molar-refractivity contribution >= 4 is 23.2 Å². The van der Waals surface area contributed by atoms with Crippen LogP contribution in [0.3, 0.4) is 0 Å². The summed E-state index contributed by atoms with van der Waals surface area (Å²) in [6.07, 6.45) is 0.483. The number of benzene rings is 1. The predicted molar refractivity (Wildman–Crippen MR) is 79.9 cm³/mol. The fraction of sp³-hybridized carbons (Fsp3) is 0.429. The normalized spacial score (nSPS) is 13.5. The third kappa shape index (κ3) is 3.51. The summed E-state index contributed by atoms with van der Waals surface area (Å²) in [5.41, 5.74) is 6.85. The van der Waals surface area contributed by atoms with Gasteiger partial charge in [-0.15, -0.1) is 0 Å². The Morgan fingerprint density at radius 2 is 2.00 bits per heavy atom. The topological polar surface area (TPSA) is 64.9 Å². The number of nitrogens with zero attached hydrogens (tertiary/aromatic N) is 2. The molecule has 108 valence electrons. The van der Waals surface area contributed by atoms with E-state index >= 15 is 0 Å². The molecule has 0 fully saturated rings. The van der Waals surface area contributed by atoms with Crippen molar-refractivity contribution in [2.45, 2.75) is 33.2 Å². The molecular formula is C14H17Cl2N3O. The highest BCUT2D eigenvalue weighted by molar-refractivity contribution is 6.35. The lowest BCUT2D eigenvalue weighted by atomic mass is 9.87. The smallest absolute Gasteiger partial charge is 0.244 e. The molecule has 0 saturated heterocycles. The lowest BCUT2D eigenvalue weighted by Crippen LogP contribution is -2.26. The van der Waals surface area contributed by atoms with Crippen LogP contribution in [0.25, 0.3) is 0 Å². The van der Waals surface area contributed by atoms with E-state index in [1.54, 1.807) is 12.1 Å². The Labute approximate surface area is 128 Å². The number of aromatic nitrogens is 2. The summed E-state index contributed by atoms with van der Waals surface area (Å²) in [5, 5.41) is 5.14. The van der Waals surface area contributed by atoms with Crippen molar-refractivity contribution < 1.29 is 4.52 Å². The molecule has 0 amide bonds. The summed E-state index contributed by atoms with van der Waals surface area (Å²) < 4.78 is 5.23. The molecule has 0 spiro atoms. The lowest BCUT2D eigenvalue weighted by molar-refractivity contribution is 0.252. The summed E-state index contributed by atoms with van der Waals surface area (Å²) in [5.74, 6) is 1.00. The maximum atomic E-state index is 6.13. The molecule has 0 radical (unpaired) electrons. The zero-order chi connectivity index (χ0) is 14.9. The molecule has 0 unspecified atom stereocenters. The number of hydrogen-bond donors (Lipinski definition) is 1. The van der Waals surface area contributed by atoms with Gasteiger partial charge in [0.15, 0.2) is 5.82 Å². The zero-order valence-corrected chi connectivity index (χ0v) is 13.2. The van der Waals surface area contributed by atoms with Crippen molar-refractivity contribution in [2.24, 2.45) is 11.1 Å². The second kappa shape index (κ2) is 5.72. The molecule has 20 heavy (non-hydrogen) atoms. The fourth-order valence-corrected chi connectivity index (χ4v) is 2.15. The van der Waals surface area contributed by atoms with Gasteiger partial charge in [0.1, 0.15) is 0 Å². The Bertz CT molecular complexity index is 605. The lowest BCUT2D eigenvalue weighted by Gasteiger charge is -2.23. The highest BCUT2D eigenvalue weighted by atomic mass is 35.5. The number of nitrogens with two attached hydrogens (primary N) is 1. The Hall–Kier alpha value is -1.10. The predicted octanol–water partition coefficient (Wildman–Crippen LogP) is 4.01. The van der Waals surface area contributed by atoms with Crippen LogP contribution >= 0.6 is 23.2 Å². The maximum absolute atomic E-state index is 6.13. The van der Waals surface area contributed by atoms with Crippen LogP contribution in [0.2, 0.25) is 10.0 Å². The molecule has 2 aromatic rings. The average molecular weight is 314 g/mol. The monoisotopic (exact) mass is 313 g/mol. The van der Waals surface area contributed by atoms with E-state index in [4.69, 9.17) is 33.5 Å². The van der Waals surface area contributed by atoms with Crippen molar-refractivity contribution in [1.82, 2.24) is 10.1 Å². The highest BCUT2D eigenvalue weighted by Gasteiger charge is 2.27. The molecular weight excluding hydrogens is 297 g/mol. The van der Waals surface area contributed by atoms with Crippen LogP contribution in [0, 0.1) is 5.41 Å². The van der Waals surface area contributed by atoms with Gasteiger partial charge in [-0.1, -0.05) is 55.2 Å². The van der Waals surface area contributed by atoms with E-state index in [0.717, 1.165) is 5.56 Å². The molecule has 1 heterocycles. The first-order valence-corrected chi connectivity index (χ1v) is 7.05. The molecule has 0 aliphatic rings. The van der Waals surface area contributed by atoms with Gasteiger partial charge in [0.05, 0.1) is 6.04 Å². The van der Waals surface area contributed by atoms with Crippen LogP contribution in [-0.4, -0.2) is 10.1 Å². The second-order valence-electron chi connectivity index (χ2n) is 5.81. The first-order chi connectivity index (χ1) is 9.27. The van der Waals surface area contributed by atoms with E-state index in [0.29, 0.717) is 28.2 Å². The van der Waals surface area contributed by atoms with Crippen LogP contribution in [0.15, 0.2) is 22.7 Å². The first-order valence-electron chi connectivity index (χ1n) is 6.29. The first kappa shape index (κ1) is 15.3. The Morgan fingerprint density at radius 1 is 1.30 bits per heavy atom.